The van der Waals surface area contributed by atoms with Crippen molar-refractivity contribution in [1.82, 2.24) is 10.6 Å². The predicted molar refractivity (Wildman–Crippen MR) is 57.2 cm³/mol. The van der Waals surface area contributed by atoms with Crippen LogP contribution in [0.2, 0.25) is 0 Å². The van der Waals surface area contributed by atoms with Crippen molar-refractivity contribution in [2.75, 3.05) is 13.1 Å². The molecule has 1 heterocycles. The van der Waals surface area contributed by atoms with Crippen molar-refractivity contribution in [3.05, 3.63) is 0 Å². The van der Waals surface area contributed by atoms with Crippen LogP contribution in [-0.4, -0.2) is 36.4 Å². The average molecular weight is 198 g/mol. The van der Waals surface area contributed by atoms with E-state index in [-0.39, 0.29) is 6.10 Å². The van der Waals surface area contributed by atoms with E-state index < -0.39 is 0 Å². The summed E-state index contributed by atoms with van der Waals surface area (Å²) < 4.78 is 0. The number of hydrogen-bond donors (Lipinski definition) is 3. The van der Waals surface area contributed by atoms with Crippen LogP contribution in [0.1, 0.15) is 32.6 Å². The van der Waals surface area contributed by atoms with E-state index in [0.29, 0.717) is 6.04 Å². The minimum absolute atomic E-state index is 0.122. The number of aliphatic hydroxyl groups is 1. The topological polar surface area (TPSA) is 44.3 Å². The number of aliphatic hydroxyl groups excluding tert-OH is 1. The molecule has 2 aliphatic rings. The molecule has 1 saturated carbocycles. The molecule has 2 unspecified atom stereocenters. The number of hydrogen-bond acceptors (Lipinski definition) is 3. The zero-order valence-electron chi connectivity index (χ0n) is 9.00. The second kappa shape index (κ2) is 4.60. The van der Waals surface area contributed by atoms with Gasteiger partial charge in [-0.1, -0.05) is 13.3 Å². The molecule has 0 radical (unpaired) electrons. The Morgan fingerprint density at radius 3 is 2.86 bits per heavy atom. The van der Waals surface area contributed by atoms with E-state index in [4.69, 9.17) is 0 Å². The third kappa shape index (κ3) is 2.47. The lowest BCUT2D eigenvalue weighted by Gasteiger charge is -2.20. The summed E-state index contributed by atoms with van der Waals surface area (Å²) in [5, 5.41) is 16.3. The van der Waals surface area contributed by atoms with Gasteiger partial charge in [-0.2, -0.15) is 0 Å². The third-order valence-corrected chi connectivity index (χ3v) is 3.69. The van der Waals surface area contributed by atoms with E-state index in [1.54, 1.807) is 0 Å². The van der Waals surface area contributed by atoms with E-state index in [2.05, 4.69) is 17.6 Å². The first-order valence-corrected chi connectivity index (χ1v) is 5.90. The molecule has 1 aliphatic heterocycles. The van der Waals surface area contributed by atoms with E-state index in [0.717, 1.165) is 31.5 Å². The fraction of sp³-hybridized carbons (Fsp3) is 1.00. The molecule has 0 aromatic carbocycles. The first-order valence-electron chi connectivity index (χ1n) is 5.90. The van der Waals surface area contributed by atoms with Crippen LogP contribution in [0.15, 0.2) is 0 Å². The number of nitrogens with one attached hydrogen (secondary N) is 2. The summed E-state index contributed by atoms with van der Waals surface area (Å²) in [5.41, 5.74) is 0. The number of rotatable bonds is 3. The molecular formula is C11H22N2O. The van der Waals surface area contributed by atoms with Gasteiger partial charge in [0.1, 0.15) is 0 Å². The highest BCUT2D eigenvalue weighted by Crippen LogP contribution is 2.24. The Morgan fingerprint density at radius 1 is 1.43 bits per heavy atom. The fourth-order valence-electron chi connectivity index (χ4n) is 2.70. The second-order valence-corrected chi connectivity index (χ2v) is 4.92. The molecule has 0 bridgehead atoms. The molecule has 3 nitrogen and oxygen atoms in total. The molecule has 2 fully saturated rings. The minimum Gasteiger partial charge on any atom is -0.392 e. The Bertz CT molecular complexity index is 186. The zero-order chi connectivity index (χ0) is 9.97. The van der Waals surface area contributed by atoms with E-state index in [9.17, 15) is 5.11 Å². The van der Waals surface area contributed by atoms with Gasteiger partial charge >= 0.3 is 0 Å². The van der Waals surface area contributed by atoms with E-state index in [1.165, 1.54) is 19.3 Å². The van der Waals surface area contributed by atoms with Gasteiger partial charge in [0.25, 0.3) is 0 Å². The van der Waals surface area contributed by atoms with Gasteiger partial charge in [0.15, 0.2) is 0 Å². The standard InChI is InChI=1S/C11H22N2O/c1-8-3-2-4-11(8)13-6-9-5-10(14)7-12-9/h8-14H,2-7H2,1H3/t8?,9-,10+,11?/m0/s1. The van der Waals surface area contributed by atoms with Gasteiger partial charge < -0.3 is 15.7 Å². The fourth-order valence-corrected chi connectivity index (χ4v) is 2.70. The summed E-state index contributed by atoms with van der Waals surface area (Å²) in [5.74, 6) is 0.835. The van der Waals surface area contributed by atoms with Crippen molar-refractivity contribution >= 4 is 0 Å². The summed E-state index contributed by atoms with van der Waals surface area (Å²) in [6, 6.07) is 1.20. The van der Waals surface area contributed by atoms with Crippen LogP contribution >= 0.6 is 0 Å². The van der Waals surface area contributed by atoms with Crippen molar-refractivity contribution in [3.63, 3.8) is 0 Å². The molecule has 1 saturated heterocycles. The monoisotopic (exact) mass is 198 g/mol. The summed E-state index contributed by atoms with van der Waals surface area (Å²) in [6.45, 7) is 4.13. The molecule has 3 heteroatoms. The lowest BCUT2D eigenvalue weighted by Crippen LogP contribution is -2.40. The molecule has 2 rings (SSSR count). The van der Waals surface area contributed by atoms with Crippen LogP contribution < -0.4 is 10.6 Å². The quantitative estimate of drug-likeness (QED) is 0.618. The van der Waals surface area contributed by atoms with E-state index in [1.807, 2.05) is 0 Å². The first kappa shape index (κ1) is 10.4. The minimum atomic E-state index is -0.122. The molecule has 0 spiro atoms. The number of β-amino-alcohol motifs (C(OH)–C–C–N with tert-alkyl or cyclic N) is 1. The molecule has 82 valence electrons. The van der Waals surface area contributed by atoms with Gasteiger partial charge in [-0.3, -0.25) is 0 Å². The Balaban J connectivity index is 1.67. The normalized spacial score (nSPS) is 43.3. The van der Waals surface area contributed by atoms with Gasteiger partial charge in [-0.05, 0) is 25.2 Å². The molecule has 0 aromatic rings. The summed E-state index contributed by atoms with van der Waals surface area (Å²) in [7, 11) is 0. The Labute approximate surface area is 86.3 Å². The van der Waals surface area contributed by atoms with Crippen LogP contribution in [0.25, 0.3) is 0 Å². The SMILES string of the molecule is CC1CCCC1NC[C@@H]1C[C@@H](O)CN1. The maximum absolute atomic E-state index is 9.35. The Morgan fingerprint density at radius 2 is 2.29 bits per heavy atom. The van der Waals surface area contributed by atoms with Gasteiger partial charge in [-0.25, -0.2) is 0 Å². The van der Waals surface area contributed by atoms with Gasteiger partial charge in [0.05, 0.1) is 6.10 Å². The van der Waals surface area contributed by atoms with Gasteiger partial charge in [0, 0.05) is 25.2 Å². The molecule has 1 aliphatic carbocycles. The predicted octanol–water partition coefficient (Wildman–Crippen LogP) is 0.487. The van der Waals surface area contributed by atoms with Gasteiger partial charge in [-0.15, -0.1) is 0 Å². The van der Waals surface area contributed by atoms with Crippen LogP contribution in [-0.2, 0) is 0 Å². The zero-order valence-corrected chi connectivity index (χ0v) is 9.00. The summed E-state index contributed by atoms with van der Waals surface area (Å²) in [6.07, 6.45) is 4.87. The third-order valence-electron chi connectivity index (χ3n) is 3.69. The largest absolute Gasteiger partial charge is 0.392 e. The second-order valence-electron chi connectivity index (χ2n) is 4.92. The van der Waals surface area contributed by atoms with Crippen molar-refractivity contribution in [1.29, 1.82) is 0 Å². The van der Waals surface area contributed by atoms with Crippen LogP contribution in [0.5, 0.6) is 0 Å². The lowest BCUT2D eigenvalue weighted by atomic mass is 10.1. The Hall–Kier alpha value is -0.120. The average Bonchev–Trinajstić information content (AvgIpc) is 2.72. The van der Waals surface area contributed by atoms with E-state index >= 15 is 0 Å². The highest BCUT2D eigenvalue weighted by molar-refractivity contribution is 4.86. The van der Waals surface area contributed by atoms with Crippen molar-refractivity contribution < 1.29 is 5.11 Å². The van der Waals surface area contributed by atoms with Crippen LogP contribution in [0.3, 0.4) is 0 Å². The smallest absolute Gasteiger partial charge is 0.0680 e. The first-order chi connectivity index (χ1) is 6.75. The van der Waals surface area contributed by atoms with Crippen LogP contribution in [0, 0.1) is 5.92 Å². The Kier molecular flexibility index (Phi) is 3.42. The highest BCUT2D eigenvalue weighted by Gasteiger charge is 2.26. The van der Waals surface area contributed by atoms with Gasteiger partial charge in [0.2, 0.25) is 0 Å². The maximum Gasteiger partial charge on any atom is 0.0680 e. The molecular weight excluding hydrogens is 176 g/mol. The molecule has 14 heavy (non-hydrogen) atoms. The van der Waals surface area contributed by atoms with Crippen LogP contribution in [0.4, 0.5) is 0 Å². The summed E-state index contributed by atoms with van der Waals surface area (Å²) in [4.78, 5) is 0. The van der Waals surface area contributed by atoms with Crippen molar-refractivity contribution in [3.8, 4) is 0 Å². The van der Waals surface area contributed by atoms with Crippen molar-refractivity contribution in [2.45, 2.75) is 50.8 Å². The lowest BCUT2D eigenvalue weighted by molar-refractivity contribution is 0.192. The highest BCUT2D eigenvalue weighted by atomic mass is 16.3. The maximum atomic E-state index is 9.35. The molecule has 4 atom stereocenters. The van der Waals surface area contributed by atoms with Crippen molar-refractivity contribution in [2.24, 2.45) is 5.92 Å². The molecule has 0 aromatic heterocycles. The summed E-state index contributed by atoms with van der Waals surface area (Å²) >= 11 is 0. The molecule has 3 N–H and O–H groups in total. The molecule has 0 amide bonds.